The Hall–Kier alpha value is -3.15. The van der Waals surface area contributed by atoms with Crippen molar-refractivity contribution in [1.82, 2.24) is 5.32 Å². The number of hydrogen-bond donors (Lipinski definition) is 1. The highest BCUT2D eigenvalue weighted by atomic mass is 16.5. The number of carbonyl (C=O) groups is 3. The van der Waals surface area contributed by atoms with E-state index in [1.165, 1.54) is 0 Å². The van der Waals surface area contributed by atoms with Crippen molar-refractivity contribution < 1.29 is 23.9 Å². The average molecular weight is 341 g/mol. The molecule has 0 spiro atoms. The van der Waals surface area contributed by atoms with E-state index in [0.29, 0.717) is 18.6 Å². The fraction of sp³-hybridized carbons (Fsp3) is 0.211. The number of benzene rings is 2. The third-order valence-electron chi connectivity index (χ3n) is 3.48. The number of ether oxygens (including phenoxy) is 2. The smallest absolute Gasteiger partial charge is 0.413 e. The summed E-state index contributed by atoms with van der Waals surface area (Å²) in [5.41, 5.74) is 3.25. The zero-order valence-corrected chi connectivity index (χ0v) is 13.9. The van der Waals surface area contributed by atoms with Crippen LogP contribution in [-0.2, 0) is 27.3 Å². The molecule has 0 aliphatic rings. The number of esters is 1. The Labute approximate surface area is 145 Å². The molecule has 0 atom stereocenters. The first kappa shape index (κ1) is 18.2. The first-order valence-corrected chi connectivity index (χ1v) is 7.83. The molecule has 0 radical (unpaired) electrons. The van der Waals surface area contributed by atoms with E-state index in [9.17, 15) is 14.4 Å². The van der Waals surface area contributed by atoms with Crippen LogP contribution in [0.4, 0.5) is 4.79 Å². The zero-order chi connectivity index (χ0) is 18.1. The summed E-state index contributed by atoms with van der Waals surface area (Å²) in [6.07, 6.45) is 0.0659. The first-order valence-electron chi connectivity index (χ1n) is 7.83. The van der Waals surface area contributed by atoms with Crippen LogP contribution >= 0.6 is 0 Å². The van der Waals surface area contributed by atoms with Gasteiger partial charge in [-0.05, 0) is 36.1 Å². The summed E-state index contributed by atoms with van der Waals surface area (Å²) in [5, 5.41) is 1.90. The summed E-state index contributed by atoms with van der Waals surface area (Å²) in [5.74, 6) is -0.329. The lowest BCUT2D eigenvalue weighted by Gasteiger charge is -2.09. The zero-order valence-electron chi connectivity index (χ0n) is 13.9. The van der Waals surface area contributed by atoms with Crippen LogP contribution in [0.3, 0.4) is 0 Å². The van der Waals surface area contributed by atoms with Crippen LogP contribution in [0.5, 0.6) is 0 Å². The molecule has 25 heavy (non-hydrogen) atoms. The third-order valence-corrected chi connectivity index (χ3v) is 3.48. The highest BCUT2D eigenvalue weighted by Gasteiger charge is 2.12. The Morgan fingerprint density at radius 2 is 1.68 bits per heavy atom. The summed E-state index contributed by atoms with van der Waals surface area (Å²) in [6, 6.07) is 14.8. The number of alkyl carbamates (subject to hydrolysis) is 1. The first-order chi connectivity index (χ1) is 12.1. The molecule has 2 aromatic rings. The van der Waals surface area contributed by atoms with Gasteiger partial charge in [-0.1, -0.05) is 42.5 Å². The van der Waals surface area contributed by atoms with Crippen LogP contribution in [0.2, 0.25) is 0 Å². The van der Waals surface area contributed by atoms with Crippen molar-refractivity contribution in [3.05, 3.63) is 70.8 Å². The molecule has 130 valence electrons. The van der Waals surface area contributed by atoms with E-state index in [-0.39, 0.29) is 19.0 Å². The van der Waals surface area contributed by atoms with E-state index in [4.69, 9.17) is 9.47 Å². The minimum Gasteiger partial charge on any atom is -0.462 e. The van der Waals surface area contributed by atoms with Crippen LogP contribution in [0, 0.1) is 0 Å². The average Bonchev–Trinajstić information content (AvgIpc) is 2.62. The van der Waals surface area contributed by atoms with E-state index >= 15 is 0 Å². The summed E-state index contributed by atoms with van der Waals surface area (Å²) < 4.78 is 9.94. The third kappa shape index (κ3) is 5.46. The van der Waals surface area contributed by atoms with E-state index in [1.807, 2.05) is 41.7 Å². The molecule has 6 heteroatoms. The summed E-state index contributed by atoms with van der Waals surface area (Å²) in [7, 11) is 0. The SMILES string of the molecule is CCOC(=O)c1ccccc1Cc1ccc(COC(=O)NC=O)cc1. The fourth-order valence-electron chi connectivity index (χ4n) is 2.29. The van der Waals surface area contributed by atoms with Gasteiger partial charge in [-0.15, -0.1) is 0 Å². The van der Waals surface area contributed by atoms with Crippen LogP contribution in [0.1, 0.15) is 34.0 Å². The van der Waals surface area contributed by atoms with Crippen molar-refractivity contribution in [2.24, 2.45) is 0 Å². The second-order valence-corrected chi connectivity index (χ2v) is 5.21. The van der Waals surface area contributed by atoms with Crippen molar-refractivity contribution in [2.75, 3.05) is 6.61 Å². The van der Waals surface area contributed by atoms with Crippen molar-refractivity contribution >= 4 is 18.5 Å². The molecule has 2 amide bonds. The highest BCUT2D eigenvalue weighted by molar-refractivity contribution is 5.91. The summed E-state index contributed by atoms with van der Waals surface area (Å²) in [4.78, 5) is 33.2. The predicted molar refractivity (Wildman–Crippen MR) is 91.0 cm³/mol. The van der Waals surface area contributed by atoms with Crippen LogP contribution in [0.15, 0.2) is 48.5 Å². The van der Waals surface area contributed by atoms with Crippen LogP contribution in [0.25, 0.3) is 0 Å². The van der Waals surface area contributed by atoms with Gasteiger partial charge in [0.1, 0.15) is 6.61 Å². The van der Waals surface area contributed by atoms with Crippen LogP contribution in [-0.4, -0.2) is 25.1 Å². The van der Waals surface area contributed by atoms with E-state index < -0.39 is 6.09 Å². The number of carbonyl (C=O) groups excluding carboxylic acids is 3. The van der Waals surface area contributed by atoms with E-state index in [1.54, 1.807) is 19.1 Å². The molecule has 2 aromatic carbocycles. The number of amides is 2. The Balaban J connectivity index is 2.03. The Kier molecular flexibility index (Phi) is 6.71. The Bertz CT molecular complexity index is 740. The van der Waals surface area contributed by atoms with E-state index in [2.05, 4.69) is 0 Å². The fourth-order valence-corrected chi connectivity index (χ4v) is 2.29. The van der Waals surface area contributed by atoms with Gasteiger partial charge in [0.2, 0.25) is 6.41 Å². The van der Waals surface area contributed by atoms with Gasteiger partial charge in [-0.2, -0.15) is 0 Å². The quantitative estimate of drug-likeness (QED) is 0.618. The minimum absolute atomic E-state index is 0.0688. The molecule has 2 rings (SSSR count). The molecule has 0 aromatic heterocycles. The van der Waals surface area contributed by atoms with Crippen LogP contribution < -0.4 is 5.32 Å². The lowest BCUT2D eigenvalue weighted by atomic mass is 9.99. The number of imide groups is 1. The molecule has 0 saturated carbocycles. The van der Waals surface area contributed by atoms with Gasteiger partial charge in [0.25, 0.3) is 0 Å². The molecule has 0 aliphatic heterocycles. The maximum Gasteiger partial charge on any atom is 0.413 e. The van der Waals surface area contributed by atoms with Gasteiger partial charge in [0.05, 0.1) is 12.2 Å². The largest absolute Gasteiger partial charge is 0.462 e. The number of hydrogen-bond acceptors (Lipinski definition) is 5. The van der Waals surface area contributed by atoms with Gasteiger partial charge in [0, 0.05) is 0 Å². The van der Waals surface area contributed by atoms with Crippen molar-refractivity contribution in [2.45, 2.75) is 20.0 Å². The normalized spacial score (nSPS) is 9.96. The standard InChI is InChI=1S/C19H19NO5/c1-2-24-18(22)17-6-4-3-5-16(17)11-14-7-9-15(10-8-14)12-25-19(23)20-13-21/h3-10,13H,2,11-12H2,1H3,(H,20,21,23). The van der Waals surface area contributed by atoms with Crippen molar-refractivity contribution in [3.63, 3.8) is 0 Å². The molecule has 0 heterocycles. The van der Waals surface area contributed by atoms with Gasteiger partial charge in [-0.25, -0.2) is 9.59 Å². The van der Waals surface area contributed by atoms with Gasteiger partial charge >= 0.3 is 12.1 Å². The number of rotatable bonds is 7. The Morgan fingerprint density at radius 3 is 2.36 bits per heavy atom. The minimum atomic E-state index is -0.789. The monoisotopic (exact) mass is 341 g/mol. The van der Waals surface area contributed by atoms with E-state index in [0.717, 1.165) is 16.7 Å². The molecule has 6 nitrogen and oxygen atoms in total. The summed E-state index contributed by atoms with van der Waals surface area (Å²) >= 11 is 0. The molecule has 0 unspecified atom stereocenters. The topological polar surface area (TPSA) is 81.7 Å². The molecule has 1 N–H and O–H groups in total. The molecule has 0 fully saturated rings. The Morgan fingerprint density at radius 1 is 1.00 bits per heavy atom. The highest BCUT2D eigenvalue weighted by Crippen LogP contribution is 2.16. The number of nitrogens with one attached hydrogen (secondary N) is 1. The van der Waals surface area contributed by atoms with Gasteiger partial charge in [-0.3, -0.25) is 10.1 Å². The molecular weight excluding hydrogens is 322 g/mol. The lowest BCUT2D eigenvalue weighted by Crippen LogP contribution is -2.22. The second kappa shape index (κ2) is 9.22. The molecule has 0 saturated heterocycles. The van der Waals surface area contributed by atoms with Gasteiger partial charge < -0.3 is 9.47 Å². The molecular formula is C19H19NO5. The lowest BCUT2D eigenvalue weighted by molar-refractivity contribution is -0.109. The maximum absolute atomic E-state index is 12.0. The van der Waals surface area contributed by atoms with Crippen molar-refractivity contribution in [1.29, 1.82) is 0 Å². The molecule has 0 aliphatic carbocycles. The molecule has 0 bridgehead atoms. The maximum atomic E-state index is 12.0. The second-order valence-electron chi connectivity index (χ2n) is 5.21. The summed E-state index contributed by atoms with van der Waals surface area (Å²) in [6.45, 7) is 2.18. The van der Waals surface area contributed by atoms with Gasteiger partial charge in [0.15, 0.2) is 0 Å². The van der Waals surface area contributed by atoms with Crippen molar-refractivity contribution in [3.8, 4) is 0 Å². The predicted octanol–water partition coefficient (Wildman–Crippen LogP) is 2.84.